The van der Waals surface area contributed by atoms with Crippen LogP contribution in [0.25, 0.3) is 0 Å². The molecule has 0 saturated carbocycles. The van der Waals surface area contributed by atoms with Gasteiger partial charge >= 0.3 is 0 Å². The van der Waals surface area contributed by atoms with Crippen LogP contribution in [0.4, 0.5) is 5.82 Å². The van der Waals surface area contributed by atoms with Gasteiger partial charge in [0, 0.05) is 12.6 Å². The van der Waals surface area contributed by atoms with Gasteiger partial charge in [0.15, 0.2) is 0 Å². The number of nitrogens with zero attached hydrogens (tertiary/aromatic N) is 2. The quantitative estimate of drug-likeness (QED) is 0.748. The van der Waals surface area contributed by atoms with Gasteiger partial charge < -0.3 is 5.73 Å². The Labute approximate surface area is 67.8 Å². The van der Waals surface area contributed by atoms with Crippen LogP contribution in [0, 0.1) is 0 Å². The average molecular weight is 202 g/mol. The number of nitrogen functional groups attached to an aromatic ring is 1. The van der Waals surface area contributed by atoms with Crippen molar-refractivity contribution in [2.45, 2.75) is 13.3 Å². The molecule has 54 valence electrons. The van der Waals surface area contributed by atoms with E-state index >= 15 is 0 Å². The summed E-state index contributed by atoms with van der Waals surface area (Å²) in [5.41, 5.74) is 5.50. The maximum Gasteiger partial charge on any atom is 0.141 e. The number of rotatable bonds is 1. The predicted molar refractivity (Wildman–Crippen MR) is 43.5 cm³/mol. The second-order valence-corrected chi connectivity index (χ2v) is 2.73. The van der Waals surface area contributed by atoms with Gasteiger partial charge in [0.05, 0.1) is 4.47 Å². The summed E-state index contributed by atoms with van der Waals surface area (Å²) in [7, 11) is 0. The van der Waals surface area contributed by atoms with Gasteiger partial charge in [0.1, 0.15) is 11.6 Å². The summed E-state index contributed by atoms with van der Waals surface area (Å²) < 4.78 is 0.754. The lowest BCUT2D eigenvalue weighted by molar-refractivity contribution is 0.940. The third kappa shape index (κ3) is 1.44. The fourth-order valence-electron chi connectivity index (χ4n) is 0.589. The molecule has 0 aromatic carbocycles. The standard InChI is InChI=1S/C6H8BrN3/c1-2-5-9-3-4(7)6(8)10-5/h3H,2H2,1H3,(H2,8,9,10). The van der Waals surface area contributed by atoms with Crippen molar-refractivity contribution in [3.05, 3.63) is 16.5 Å². The summed E-state index contributed by atoms with van der Waals surface area (Å²) >= 11 is 3.21. The molecule has 0 bridgehead atoms. The third-order valence-electron chi connectivity index (χ3n) is 1.14. The van der Waals surface area contributed by atoms with Crippen LogP contribution in [0.1, 0.15) is 12.7 Å². The van der Waals surface area contributed by atoms with Crippen molar-refractivity contribution in [3.63, 3.8) is 0 Å². The van der Waals surface area contributed by atoms with Gasteiger partial charge in [-0.2, -0.15) is 0 Å². The summed E-state index contributed by atoms with van der Waals surface area (Å²) in [4.78, 5) is 8.03. The van der Waals surface area contributed by atoms with Gasteiger partial charge in [-0.25, -0.2) is 9.97 Å². The van der Waals surface area contributed by atoms with Crippen LogP contribution in [-0.2, 0) is 6.42 Å². The van der Waals surface area contributed by atoms with Gasteiger partial charge in [-0.3, -0.25) is 0 Å². The van der Waals surface area contributed by atoms with Crippen LogP contribution in [0.5, 0.6) is 0 Å². The van der Waals surface area contributed by atoms with Crippen molar-refractivity contribution in [1.82, 2.24) is 9.97 Å². The lowest BCUT2D eigenvalue weighted by Gasteiger charge is -1.97. The summed E-state index contributed by atoms with van der Waals surface area (Å²) in [6.45, 7) is 1.99. The van der Waals surface area contributed by atoms with Crippen molar-refractivity contribution in [2.24, 2.45) is 0 Å². The molecular formula is C6H8BrN3. The first-order valence-electron chi connectivity index (χ1n) is 3.01. The van der Waals surface area contributed by atoms with E-state index in [9.17, 15) is 0 Å². The van der Waals surface area contributed by atoms with E-state index in [1.165, 1.54) is 0 Å². The molecule has 0 aliphatic carbocycles. The first-order chi connectivity index (χ1) is 4.74. The minimum atomic E-state index is 0.506. The Hall–Kier alpha value is -0.640. The van der Waals surface area contributed by atoms with Crippen LogP contribution >= 0.6 is 15.9 Å². The Morgan fingerprint density at radius 1 is 1.70 bits per heavy atom. The van der Waals surface area contributed by atoms with E-state index in [4.69, 9.17) is 5.73 Å². The monoisotopic (exact) mass is 201 g/mol. The smallest absolute Gasteiger partial charge is 0.141 e. The zero-order valence-electron chi connectivity index (χ0n) is 5.63. The summed E-state index contributed by atoms with van der Waals surface area (Å²) in [6, 6.07) is 0. The fourth-order valence-corrected chi connectivity index (χ4v) is 0.780. The Bertz CT molecular complexity index is 236. The first-order valence-corrected chi connectivity index (χ1v) is 3.80. The van der Waals surface area contributed by atoms with Crippen LogP contribution < -0.4 is 5.73 Å². The molecule has 0 radical (unpaired) electrons. The maximum absolute atomic E-state index is 5.50. The molecule has 2 N–H and O–H groups in total. The lowest BCUT2D eigenvalue weighted by Crippen LogP contribution is -1.98. The lowest BCUT2D eigenvalue weighted by atomic mass is 10.4. The second kappa shape index (κ2) is 2.96. The number of anilines is 1. The number of halogens is 1. The SMILES string of the molecule is CCc1ncc(Br)c(N)n1. The molecule has 0 atom stereocenters. The van der Waals surface area contributed by atoms with Crippen molar-refractivity contribution in [2.75, 3.05) is 5.73 Å². The van der Waals surface area contributed by atoms with E-state index in [0.717, 1.165) is 16.7 Å². The first kappa shape index (κ1) is 7.47. The maximum atomic E-state index is 5.50. The highest BCUT2D eigenvalue weighted by Gasteiger charge is 1.97. The van der Waals surface area contributed by atoms with Gasteiger partial charge in [0.25, 0.3) is 0 Å². The highest BCUT2D eigenvalue weighted by Crippen LogP contribution is 2.14. The van der Waals surface area contributed by atoms with Crippen molar-refractivity contribution in [1.29, 1.82) is 0 Å². The zero-order chi connectivity index (χ0) is 7.56. The van der Waals surface area contributed by atoms with Crippen LogP contribution in [0.2, 0.25) is 0 Å². The number of nitrogens with two attached hydrogens (primary N) is 1. The van der Waals surface area contributed by atoms with Gasteiger partial charge in [0.2, 0.25) is 0 Å². The molecule has 1 rings (SSSR count). The number of aryl methyl sites for hydroxylation is 1. The average Bonchev–Trinajstić information content (AvgIpc) is 1.95. The Morgan fingerprint density at radius 3 is 2.90 bits per heavy atom. The summed E-state index contributed by atoms with van der Waals surface area (Å²) in [5.74, 6) is 1.28. The predicted octanol–water partition coefficient (Wildman–Crippen LogP) is 1.38. The number of aromatic nitrogens is 2. The number of hydrogen-bond acceptors (Lipinski definition) is 3. The minimum absolute atomic E-state index is 0.506. The molecule has 0 aliphatic rings. The van der Waals surface area contributed by atoms with Crippen LogP contribution in [0.3, 0.4) is 0 Å². The Morgan fingerprint density at radius 2 is 2.40 bits per heavy atom. The third-order valence-corrected chi connectivity index (χ3v) is 1.75. The van der Waals surface area contributed by atoms with Crippen molar-refractivity contribution >= 4 is 21.7 Å². The molecule has 1 aromatic rings. The largest absolute Gasteiger partial charge is 0.383 e. The molecule has 1 aromatic heterocycles. The Kier molecular flexibility index (Phi) is 2.21. The van der Waals surface area contributed by atoms with Gasteiger partial charge in [-0.05, 0) is 15.9 Å². The van der Waals surface area contributed by atoms with Crippen LogP contribution in [-0.4, -0.2) is 9.97 Å². The molecule has 10 heavy (non-hydrogen) atoms. The highest BCUT2D eigenvalue weighted by molar-refractivity contribution is 9.10. The molecule has 0 spiro atoms. The molecule has 1 heterocycles. The van der Waals surface area contributed by atoms with E-state index < -0.39 is 0 Å². The number of hydrogen-bond donors (Lipinski definition) is 1. The molecule has 0 amide bonds. The van der Waals surface area contributed by atoms with Gasteiger partial charge in [-0.15, -0.1) is 0 Å². The van der Waals surface area contributed by atoms with E-state index in [1.54, 1.807) is 6.20 Å². The Balaban J connectivity index is 3.04. The van der Waals surface area contributed by atoms with E-state index in [-0.39, 0.29) is 0 Å². The normalized spacial score (nSPS) is 9.80. The molecule has 0 aliphatic heterocycles. The fraction of sp³-hybridized carbons (Fsp3) is 0.333. The van der Waals surface area contributed by atoms with Gasteiger partial charge in [-0.1, -0.05) is 6.92 Å². The minimum Gasteiger partial charge on any atom is -0.383 e. The topological polar surface area (TPSA) is 51.8 Å². The molecule has 0 fully saturated rings. The molecule has 3 nitrogen and oxygen atoms in total. The van der Waals surface area contributed by atoms with E-state index in [2.05, 4.69) is 25.9 Å². The van der Waals surface area contributed by atoms with E-state index in [0.29, 0.717) is 5.82 Å². The summed E-state index contributed by atoms with van der Waals surface area (Å²) in [6.07, 6.45) is 2.48. The highest BCUT2D eigenvalue weighted by atomic mass is 79.9. The molecule has 0 unspecified atom stereocenters. The van der Waals surface area contributed by atoms with Crippen molar-refractivity contribution in [3.8, 4) is 0 Å². The second-order valence-electron chi connectivity index (χ2n) is 1.87. The zero-order valence-corrected chi connectivity index (χ0v) is 7.22. The molecular weight excluding hydrogens is 194 g/mol. The van der Waals surface area contributed by atoms with E-state index in [1.807, 2.05) is 6.92 Å². The molecule has 0 saturated heterocycles. The van der Waals surface area contributed by atoms with Crippen molar-refractivity contribution < 1.29 is 0 Å². The molecule has 4 heteroatoms. The summed E-state index contributed by atoms with van der Waals surface area (Å²) in [5, 5.41) is 0. The van der Waals surface area contributed by atoms with Crippen LogP contribution in [0.15, 0.2) is 10.7 Å².